The van der Waals surface area contributed by atoms with Crippen LogP contribution in [0.25, 0.3) is 0 Å². The van der Waals surface area contributed by atoms with Crippen LogP contribution in [0.15, 0.2) is 0 Å². The van der Waals surface area contributed by atoms with Crippen LogP contribution in [-0.2, 0) is 19.1 Å². The molecule has 0 heterocycles. The van der Waals surface area contributed by atoms with Crippen molar-refractivity contribution in [3.05, 3.63) is 0 Å². The van der Waals surface area contributed by atoms with E-state index in [9.17, 15) is 9.59 Å². The molecule has 21 heavy (non-hydrogen) atoms. The van der Waals surface area contributed by atoms with Crippen molar-refractivity contribution in [3.63, 3.8) is 0 Å². The van der Waals surface area contributed by atoms with Gasteiger partial charge < -0.3 is 9.47 Å². The third kappa shape index (κ3) is 3.24. The van der Waals surface area contributed by atoms with Gasteiger partial charge in [0.1, 0.15) is 0 Å². The molecule has 4 nitrogen and oxygen atoms in total. The Morgan fingerprint density at radius 3 is 1.67 bits per heavy atom. The number of rotatable bonds is 4. The molecule has 0 saturated heterocycles. The highest BCUT2D eigenvalue weighted by Gasteiger charge is 2.53. The predicted octanol–water partition coefficient (Wildman–Crippen LogP) is 3.62. The first kappa shape index (κ1) is 16.3. The number of hydrogen-bond acceptors (Lipinski definition) is 4. The molecule has 0 aromatic heterocycles. The molecule has 0 aromatic carbocycles. The van der Waals surface area contributed by atoms with E-state index in [4.69, 9.17) is 9.47 Å². The van der Waals surface area contributed by atoms with E-state index in [1.807, 2.05) is 0 Å². The summed E-state index contributed by atoms with van der Waals surface area (Å²) >= 11 is 0. The number of hydrogen-bond donors (Lipinski definition) is 0. The third-order valence-corrected chi connectivity index (χ3v) is 5.41. The Morgan fingerprint density at radius 1 is 0.762 bits per heavy atom. The SMILES string of the molecule is CCOC(=O)C1(C(=O)OCC)CCC2(CCCCC2)CC1. The lowest BCUT2D eigenvalue weighted by molar-refractivity contribution is -0.177. The molecule has 4 heteroatoms. The molecule has 0 N–H and O–H groups in total. The summed E-state index contributed by atoms with van der Waals surface area (Å²) < 4.78 is 10.4. The second-order valence-corrected chi connectivity index (χ2v) is 6.58. The van der Waals surface area contributed by atoms with Gasteiger partial charge in [0.25, 0.3) is 0 Å². The summed E-state index contributed by atoms with van der Waals surface area (Å²) in [4.78, 5) is 24.8. The van der Waals surface area contributed by atoms with Crippen LogP contribution in [0.5, 0.6) is 0 Å². The maximum absolute atomic E-state index is 12.4. The van der Waals surface area contributed by atoms with Gasteiger partial charge in [0, 0.05) is 0 Å². The predicted molar refractivity (Wildman–Crippen MR) is 79.7 cm³/mol. The Balaban J connectivity index is 2.12. The fourth-order valence-electron chi connectivity index (χ4n) is 4.04. The molecule has 0 amide bonds. The average molecular weight is 296 g/mol. The Kier molecular flexibility index (Phi) is 5.28. The van der Waals surface area contributed by atoms with Crippen molar-refractivity contribution < 1.29 is 19.1 Å². The minimum atomic E-state index is -1.05. The summed E-state index contributed by atoms with van der Waals surface area (Å²) in [5, 5.41) is 0. The van der Waals surface area contributed by atoms with Crippen LogP contribution in [0.2, 0.25) is 0 Å². The Bertz CT molecular complexity index is 352. The number of carbonyl (C=O) groups excluding carboxylic acids is 2. The average Bonchev–Trinajstić information content (AvgIpc) is 2.49. The van der Waals surface area contributed by atoms with Gasteiger partial charge >= 0.3 is 11.9 Å². The maximum Gasteiger partial charge on any atom is 0.323 e. The number of carbonyl (C=O) groups is 2. The molecule has 120 valence electrons. The number of esters is 2. The molecule has 0 atom stereocenters. The highest BCUT2D eigenvalue weighted by Crippen LogP contribution is 2.53. The lowest BCUT2D eigenvalue weighted by Crippen LogP contribution is -2.47. The van der Waals surface area contributed by atoms with Crippen molar-refractivity contribution in [2.24, 2.45) is 10.8 Å². The molecular formula is C17H28O4. The second kappa shape index (κ2) is 6.80. The maximum atomic E-state index is 12.4. The summed E-state index contributed by atoms with van der Waals surface area (Å²) in [6.07, 6.45) is 9.45. The lowest BCUT2D eigenvalue weighted by atomic mass is 9.59. The van der Waals surface area contributed by atoms with Crippen molar-refractivity contribution in [3.8, 4) is 0 Å². The smallest absolute Gasteiger partial charge is 0.323 e. The highest BCUT2D eigenvalue weighted by molar-refractivity contribution is 6.00. The first-order chi connectivity index (χ1) is 10.1. The molecule has 0 radical (unpaired) electrons. The third-order valence-electron chi connectivity index (χ3n) is 5.41. The minimum absolute atomic E-state index is 0.311. The fraction of sp³-hybridized carbons (Fsp3) is 0.882. The van der Waals surface area contributed by atoms with Crippen molar-refractivity contribution in [2.45, 2.75) is 71.6 Å². The van der Waals surface area contributed by atoms with E-state index in [1.165, 1.54) is 32.1 Å². The summed E-state index contributed by atoms with van der Waals surface area (Å²) in [7, 11) is 0. The summed E-state index contributed by atoms with van der Waals surface area (Å²) in [6, 6.07) is 0. The van der Waals surface area contributed by atoms with Crippen LogP contribution < -0.4 is 0 Å². The summed E-state index contributed by atoms with van der Waals surface area (Å²) in [5.41, 5.74) is -0.685. The molecule has 1 spiro atoms. The quantitative estimate of drug-likeness (QED) is 0.587. The first-order valence-corrected chi connectivity index (χ1v) is 8.43. The van der Waals surface area contributed by atoms with E-state index in [1.54, 1.807) is 13.8 Å². The zero-order valence-corrected chi connectivity index (χ0v) is 13.4. The van der Waals surface area contributed by atoms with Crippen LogP contribution in [0.3, 0.4) is 0 Å². The highest BCUT2D eigenvalue weighted by atomic mass is 16.6. The van der Waals surface area contributed by atoms with Gasteiger partial charge in [-0.05, 0) is 57.8 Å². The molecule has 2 aliphatic carbocycles. The molecule has 0 bridgehead atoms. The largest absolute Gasteiger partial charge is 0.465 e. The van der Waals surface area contributed by atoms with Crippen LogP contribution in [0, 0.1) is 10.8 Å². The first-order valence-electron chi connectivity index (χ1n) is 8.43. The van der Waals surface area contributed by atoms with Gasteiger partial charge in [0.15, 0.2) is 5.41 Å². The zero-order chi connectivity index (χ0) is 15.3. The monoisotopic (exact) mass is 296 g/mol. The van der Waals surface area contributed by atoms with Gasteiger partial charge in [0.2, 0.25) is 0 Å². The minimum Gasteiger partial charge on any atom is -0.465 e. The Hall–Kier alpha value is -1.06. The van der Waals surface area contributed by atoms with Gasteiger partial charge in [-0.1, -0.05) is 19.3 Å². The van der Waals surface area contributed by atoms with E-state index in [0.29, 0.717) is 31.5 Å². The van der Waals surface area contributed by atoms with Crippen LogP contribution in [-0.4, -0.2) is 25.2 Å². The van der Waals surface area contributed by atoms with Crippen molar-refractivity contribution in [2.75, 3.05) is 13.2 Å². The molecule has 2 saturated carbocycles. The molecule has 0 aliphatic heterocycles. The van der Waals surface area contributed by atoms with Crippen molar-refractivity contribution in [1.29, 1.82) is 0 Å². The van der Waals surface area contributed by atoms with E-state index in [2.05, 4.69) is 0 Å². The van der Waals surface area contributed by atoms with Crippen molar-refractivity contribution >= 4 is 11.9 Å². The van der Waals surface area contributed by atoms with Gasteiger partial charge in [0.05, 0.1) is 13.2 Å². The van der Waals surface area contributed by atoms with Gasteiger partial charge in [-0.2, -0.15) is 0 Å². The number of ether oxygens (including phenoxy) is 2. The Morgan fingerprint density at radius 2 is 1.24 bits per heavy atom. The van der Waals surface area contributed by atoms with E-state index >= 15 is 0 Å². The van der Waals surface area contributed by atoms with Crippen LogP contribution >= 0.6 is 0 Å². The molecule has 0 unspecified atom stereocenters. The van der Waals surface area contributed by atoms with E-state index in [-0.39, 0.29) is 11.9 Å². The lowest BCUT2D eigenvalue weighted by Gasteiger charge is -2.45. The van der Waals surface area contributed by atoms with Crippen LogP contribution in [0.1, 0.15) is 71.6 Å². The van der Waals surface area contributed by atoms with Gasteiger partial charge in [-0.15, -0.1) is 0 Å². The van der Waals surface area contributed by atoms with E-state index in [0.717, 1.165) is 12.8 Å². The summed E-state index contributed by atoms with van der Waals surface area (Å²) in [5.74, 6) is -0.761. The molecule has 0 aromatic rings. The summed E-state index contributed by atoms with van der Waals surface area (Å²) in [6.45, 7) is 4.18. The van der Waals surface area contributed by atoms with Crippen LogP contribution in [0.4, 0.5) is 0 Å². The molecular weight excluding hydrogens is 268 g/mol. The van der Waals surface area contributed by atoms with Gasteiger partial charge in [-0.3, -0.25) is 9.59 Å². The van der Waals surface area contributed by atoms with E-state index < -0.39 is 5.41 Å². The fourth-order valence-corrected chi connectivity index (χ4v) is 4.04. The molecule has 2 aliphatic rings. The zero-order valence-electron chi connectivity index (χ0n) is 13.4. The van der Waals surface area contributed by atoms with Crippen molar-refractivity contribution in [1.82, 2.24) is 0 Å². The molecule has 2 rings (SSSR count). The second-order valence-electron chi connectivity index (χ2n) is 6.58. The topological polar surface area (TPSA) is 52.6 Å². The normalized spacial score (nSPS) is 23.5. The Labute approximate surface area is 127 Å². The standard InChI is InChI=1S/C17H28O4/c1-3-20-14(18)17(15(19)21-4-2)12-10-16(11-13-17)8-6-5-7-9-16/h3-13H2,1-2H3. The van der Waals surface area contributed by atoms with Gasteiger partial charge in [-0.25, -0.2) is 0 Å². The molecule has 2 fully saturated rings.